The minimum Gasteiger partial charge on any atom is -0.379 e. The highest BCUT2D eigenvalue weighted by Crippen LogP contribution is 2.28. The van der Waals surface area contributed by atoms with Crippen molar-refractivity contribution in [3.05, 3.63) is 96.2 Å². The number of rotatable bonds is 14. The molecule has 1 fully saturated rings. The maximum atomic E-state index is 14.6. The van der Waals surface area contributed by atoms with Gasteiger partial charge >= 0.3 is 0 Å². The van der Waals surface area contributed by atoms with E-state index in [1.165, 1.54) is 42.3 Å². The van der Waals surface area contributed by atoms with Gasteiger partial charge in [-0.3, -0.25) is 9.80 Å². The molecule has 0 N–H and O–H groups in total. The first kappa shape index (κ1) is 30.4. The molecule has 2 aromatic heterocycles. The van der Waals surface area contributed by atoms with E-state index in [2.05, 4.69) is 21.7 Å². The predicted molar refractivity (Wildman–Crippen MR) is 164 cm³/mol. The number of hydrogen-bond acceptors (Lipinski definition) is 6. The molecule has 5 rings (SSSR count). The fourth-order valence-corrected chi connectivity index (χ4v) is 7.42. The number of nitrogens with zero attached hydrogens (tertiary/aromatic N) is 4. The fraction of sp³-hybridized carbons (Fsp3) is 0.424. The highest BCUT2D eigenvalue weighted by molar-refractivity contribution is 7.90. The highest BCUT2D eigenvalue weighted by atomic mass is 32.2. The second-order valence-electron chi connectivity index (χ2n) is 11.0. The van der Waals surface area contributed by atoms with Crippen LogP contribution in [-0.4, -0.2) is 66.1 Å². The second kappa shape index (κ2) is 14.4. The van der Waals surface area contributed by atoms with E-state index in [9.17, 15) is 12.8 Å². The first-order chi connectivity index (χ1) is 20.5. The van der Waals surface area contributed by atoms with Crippen LogP contribution in [0.25, 0.3) is 10.9 Å². The molecule has 0 spiro atoms. The highest BCUT2D eigenvalue weighted by Gasteiger charge is 2.23. The quantitative estimate of drug-likeness (QED) is 0.131. The molecule has 0 amide bonds. The van der Waals surface area contributed by atoms with Gasteiger partial charge in [-0.2, -0.15) is 4.39 Å². The third-order valence-electron chi connectivity index (χ3n) is 8.26. The zero-order valence-electron chi connectivity index (χ0n) is 24.4. The van der Waals surface area contributed by atoms with Crippen molar-refractivity contribution in [1.82, 2.24) is 18.8 Å². The second-order valence-corrected chi connectivity index (χ2v) is 12.8. The Bertz CT molecular complexity index is 1540. The third-order valence-corrected chi connectivity index (χ3v) is 9.94. The van der Waals surface area contributed by atoms with Gasteiger partial charge in [-0.1, -0.05) is 68.7 Å². The topological polar surface area (TPSA) is 67.7 Å². The van der Waals surface area contributed by atoms with Crippen LogP contribution in [0.1, 0.15) is 50.2 Å². The molecule has 7 nitrogen and oxygen atoms in total. The van der Waals surface area contributed by atoms with Gasteiger partial charge in [0, 0.05) is 55.6 Å². The molecular weight excluding hydrogens is 551 g/mol. The Morgan fingerprint density at radius 1 is 0.905 bits per heavy atom. The Morgan fingerprint density at radius 2 is 1.62 bits per heavy atom. The maximum absolute atomic E-state index is 14.6. The molecule has 0 atom stereocenters. The van der Waals surface area contributed by atoms with Crippen molar-refractivity contribution in [2.75, 3.05) is 32.8 Å². The first-order valence-electron chi connectivity index (χ1n) is 15.0. The van der Waals surface area contributed by atoms with Gasteiger partial charge in [-0.05, 0) is 49.2 Å². The van der Waals surface area contributed by atoms with Gasteiger partial charge in [0.25, 0.3) is 10.0 Å². The van der Waals surface area contributed by atoms with Crippen LogP contribution in [0.4, 0.5) is 4.39 Å². The molecule has 1 saturated carbocycles. The number of benzene rings is 2. The number of fused-ring (bicyclic) bond motifs is 1. The zero-order chi connectivity index (χ0) is 29.4. The number of ether oxygens (including phenoxy) is 1. The summed E-state index contributed by atoms with van der Waals surface area (Å²) >= 11 is 0. The van der Waals surface area contributed by atoms with E-state index in [1.54, 1.807) is 48.7 Å². The molecule has 224 valence electrons. The average Bonchev–Trinajstić information content (AvgIpc) is 3.40. The molecule has 0 radical (unpaired) electrons. The lowest BCUT2D eigenvalue weighted by Gasteiger charge is -2.33. The van der Waals surface area contributed by atoms with Gasteiger partial charge in [0.15, 0.2) is 0 Å². The van der Waals surface area contributed by atoms with E-state index < -0.39 is 16.0 Å². The molecule has 4 aromatic rings. The Morgan fingerprint density at radius 3 is 2.38 bits per heavy atom. The zero-order valence-corrected chi connectivity index (χ0v) is 25.2. The largest absolute Gasteiger partial charge is 0.379 e. The summed E-state index contributed by atoms with van der Waals surface area (Å²) in [7, 11) is -3.79. The van der Waals surface area contributed by atoms with Crippen molar-refractivity contribution < 1.29 is 17.5 Å². The number of hydrogen-bond donors (Lipinski definition) is 0. The summed E-state index contributed by atoms with van der Waals surface area (Å²) in [6, 6.07) is 20.1. The van der Waals surface area contributed by atoms with E-state index in [1.807, 2.05) is 24.3 Å². The average molecular weight is 593 g/mol. The standard InChI is InChI=1S/C33H41FN4O3S/c1-2-37(29-13-5-3-6-14-29)21-23-41-22-20-36(24-27-12-11-19-35-33(27)34)25-28-26-38(32-18-10-9-17-31(28)32)42(39,40)30-15-7-4-8-16-30/h4,7-12,15-19,26,29H,2-3,5-6,13-14,20-25H2,1H3. The van der Waals surface area contributed by atoms with E-state index >= 15 is 0 Å². The summed E-state index contributed by atoms with van der Waals surface area (Å²) in [4.78, 5) is 8.69. The Labute approximate surface area is 249 Å². The van der Waals surface area contributed by atoms with Crippen LogP contribution in [0.15, 0.2) is 84.0 Å². The summed E-state index contributed by atoms with van der Waals surface area (Å²) in [5, 5.41) is 0.848. The summed E-state index contributed by atoms with van der Waals surface area (Å²) in [6.07, 6.45) is 9.65. The minimum atomic E-state index is -3.79. The van der Waals surface area contributed by atoms with E-state index in [0.717, 1.165) is 24.0 Å². The summed E-state index contributed by atoms with van der Waals surface area (Å²) < 4.78 is 49.2. The lowest BCUT2D eigenvalue weighted by molar-refractivity contribution is 0.0630. The molecule has 0 unspecified atom stereocenters. The molecule has 9 heteroatoms. The lowest BCUT2D eigenvalue weighted by atomic mass is 9.94. The van der Waals surface area contributed by atoms with E-state index in [-0.39, 0.29) is 4.90 Å². The van der Waals surface area contributed by atoms with Crippen molar-refractivity contribution in [2.45, 2.75) is 63.1 Å². The van der Waals surface area contributed by atoms with Crippen LogP contribution >= 0.6 is 0 Å². The molecule has 1 aliphatic carbocycles. The normalized spacial score (nSPS) is 14.8. The third kappa shape index (κ3) is 7.26. The van der Waals surface area contributed by atoms with Gasteiger partial charge in [0.1, 0.15) is 0 Å². The minimum absolute atomic E-state index is 0.231. The van der Waals surface area contributed by atoms with E-state index in [4.69, 9.17) is 4.74 Å². The van der Waals surface area contributed by atoms with Gasteiger partial charge in [0.2, 0.25) is 5.95 Å². The molecule has 1 aliphatic rings. The molecule has 2 aromatic carbocycles. The van der Waals surface area contributed by atoms with Crippen LogP contribution in [0.3, 0.4) is 0 Å². The summed E-state index contributed by atoms with van der Waals surface area (Å²) in [5.41, 5.74) is 1.96. The van der Waals surface area contributed by atoms with Crippen LogP contribution in [0, 0.1) is 5.95 Å². The molecule has 0 saturated heterocycles. The Balaban J connectivity index is 1.32. The number of pyridine rings is 1. The fourth-order valence-electron chi connectivity index (χ4n) is 6.00. The summed E-state index contributed by atoms with van der Waals surface area (Å²) in [6.45, 7) is 6.61. The van der Waals surface area contributed by atoms with Crippen molar-refractivity contribution in [3.8, 4) is 0 Å². The van der Waals surface area contributed by atoms with Crippen molar-refractivity contribution in [2.24, 2.45) is 0 Å². The smallest absolute Gasteiger partial charge is 0.268 e. The lowest BCUT2D eigenvalue weighted by Crippen LogP contribution is -2.39. The van der Waals surface area contributed by atoms with Crippen LogP contribution in [0.2, 0.25) is 0 Å². The van der Waals surface area contributed by atoms with Crippen LogP contribution < -0.4 is 0 Å². The summed E-state index contributed by atoms with van der Waals surface area (Å²) in [5.74, 6) is -0.497. The van der Waals surface area contributed by atoms with Gasteiger partial charge in [-0.15, -0.1) is 0 Å². The van der Waals surface area contributed by atoms with Gasteiger partial charge < -0.3 is 4.74 Å². The molecule has 0 bridgehead atoms. The van der Waals surface area contributed by atoms with Gasteiger partial charge in [0.05, 0.1) is 23.6 Å². The maximum Gasteiger partial charge on any atom is 0.268 e. The molecular formula is C33H41FN4O3S. The van der Waals surface area contributed by atoms with Crippen molar-refractivity contribution in [3.63, 3.8) is 0 Å². The monoisotopic (exact) mass is 592 g/mol. The van der Waals surface area contributed by atoms with Crippen molar-refractivity contribution in [1.29, 1.82) is 0 Å². The number of aromatic nitrogens is 2. The molecule has 0 aliphatic heterocycles. The number of para-hydroxylation sites is 1. The van der Waals surface area contributed by atoms with Crippen LogP contribution in [0.5, 0.6) is 0 Å². The SMILES string of the molecule is CCN(CCOCCN(Cc1cccnc1F)Cc1cn(S(=O)(=O)c2ccccc2)c2ccccc12)C1CCCCC1. The Kier molecular flexibility index (Phi) is 10.4. The van der Waals surface area contributed by atoms with Crippen molar-refractivity contribution >= 4 is 20.9 Å². The van der Waals surface area contributed by atoms with Gasteiger partial charge in [-0.25, -0.2) is 17.4 Å². The predicted octanol–water partition coefficient (Wildman–Crippen LogP) is 6.09. The van der Waals surface area contributed by atoms with Crippen LogP contribution in [-0.2, 0) is 27.8 Å². The Hall–Kier alpha value is -3.11. The number of halogens is 1. The number of likely N-dealkylation sites (N-methyl/N-ethyl adjacent to an activating group) is 1. The first-order valence-corrected chi connectivity index (χ1v) is 16.4. The molecule has 42 heavy (non-hydrogen) atoms. The van der Waals surface area contributed by atoms with E-state index in [0.29, 0.717) is 50.0 Å². The molecule has 2 heterocycles.